The van der Waals surface area contributed by atoms with Crippen LogP contribution in [-0.4, -0.2) is 22.7 Å². The van der Waals surface area contributed by atoms with Crippen molar-refractivity contribution in [1.29, 1.82) is 0 Å². The zero-order valence-corrected chi connectivity index (χ0v) is 13.0. The fourth-order valence-electron chi connectivity index (χ4n) is 2.33. The molecule has 0 fully saturated rings. The number of rotatable bonds is 7. The highest BCUT2D eigenvalue weighted by molar-refractivity contribution is 5.89. The van der Waals surface area contributed by atoms with Gasteiger partial charge in [-0.2, -0.15) is 0 Å². The molecular formula is C17H19N3O4. The summed E-state index contributed by atoms with van der Waals surface area (Å²) >= 11 is 0. The number of anilines is 1. The molecule has 0 heterocycles. The summed E-state index contributed by atoms with van der Waals surface area (Å²) in [5.74, 6) is 0. The number of nitro benzene ring substituents is 1. The van der Waals surface area contributed by atoms with E-state index >= 15 is 0 Å². The molecular weight excluding hydrogens is 310 g/mol. The number of aliphatic hydroxyl groups is 1. The van der Waals surface area contributed by atoms with Crippen LogP contribution < -0.4 is 10.6 Å². The van der Waals surface area contributed by atoms with Gasteiger partial charge in [-0.1, -0.05) is 36.4 Å². The topological polar surface area (TPSA) is 104 Å². The summed E-state index contributed by atoms with van der Waals surface area (Å²) in [6, 6.07) is 14.5. The minimum absolute atomic E-state index is 0.0392. The summed E-state index contributed by atoms with van der Waals surface area (Å²) < 4.78 is 0. The van der Waals surface area contributed by atoms with Gasteiger partial charge in [-0.25, -0.2) is 4.79 Å². The van der Waals surface area contributed by atoms with Crippen LogP contribution >= 0.6 is 0 Å². The predicted octanol–water partition coefficient (Wildman–Crippen LogP) is 3.23. The smallest absolute Gasteiger partial charge is 0.319 e. The third-order valence-electron chi connectivity index (χ3n) is 3.47. The number of aliphatic hydroxyl groups excluding tert-OH is 1. The van der Waals surface area contributed by atoms with E-state index in [4.69, 9.17) is 5.11 Å². The normalized spacial score (nSPS) is 11.5. The highest BCUT2D eigenvalue weighted by atomic mass is 16.6. The Kier molecular flexibility index (Phi) is 6.27. The fraction of sp³-hybridized carbons (Fsp3) is 0.235. The lowest BCUT2D eigenvalue weighted by Crippen LogP contribution is -2.32. The molecule has 1 atom stereocenters. The molecule has 0 bridgehead atoms. The average molecular weight is 329 g/mol. The predicted molar refractivity (Wildman–Crippen MR) is 90.8 cm³/mol. The number of hydrogen-bond acceptors (Lipinski definition) is 4. The van der Waals surface area contributed by atoms with Crippen molar-refractivity contribution in [3.63, 3.8) is 0 Å². The van der Waals surface area contributed by atoms with Crippen LogP contribution in [0.1, 0.15) is 24.4 Å². The van der Waals surface area contributed by atoms with Crippen LogP contribution in [0.3, 0.4) is 0 Å². The van der Waals surface area contributed by atoms with Gasteiger partial charge in [0.25, 0.3) is 5.69 Å². The molecule has 0 aromatic heterocycles. The molecule has 2 rings (SSSR count). The molecule has 0 saturated carbocycles. The van der Waals surface area contributed by atoms with Gasteiger partial charge in [-0.3, -0.25) is 10.1 Å². The second kappa shape index (κ2) is 8.64. The van der Waals surface area contributed by atoms with Crippen LogP contribution in [0.25, 0.3) is 0 Å². The van der Waals surface area contributed by atoms with Crippen molar-refractivity contribution in [3.8, 4) is 0 Å². The number of carbonyl (C=O) groups excluding carboxylic acids is 1. The Labute approximate surface area is 139 Å². The van der Waals surface area contributed by atoms with Gasteiger partial charge < -0.3 is 15.7 Å². The van der Waals surface area contributed by atoms with Gasteiger partial charge in [-0.05, 0) is 24.5 Å². The van der Waals surface area contributed by atoms with E-state index in [1.165, 1.54) is 18.2 Å². The van der Waals surface area contributed by atoms with Crippen molar-refractivity contribution in [2.75, 3.05) is 11.9 Å². The van der Waals surface area contributed by atoms with E-state index in [0.717, 1.165) is 5.56 Å². The Balaban J connectivity index is 2.05. The number of non-ortho nitro benzene ring substituents is 1. The van der Waals surface area contributed by atoms with Crippen LogP contribution in [0, 0.1) is 10.1 Å². The Bertz CT molecular complexity index is 691. The number of nitro groups is 1. The van der Waals surface area contributed by atoms with E-state index in [2.05, 4.69) is 10.6 Å². The fourth-order valence-corrected chi connectivity index (χ4v) is 2.33. The maximum Gasteiger partial charge on any atom is 0.319 e. The molecule has 0 aliphatic rings. The molecule has 0 aliphatic heterocycles. The number of nitrogens with one attached hydrogen (secondary N) is 2. The molecule has 3 N–H and O–H groups in total. The molecule has 0 saturated heterocycles. The first-order valence-corrected chi connectivity index (χ1v) is 7.58. The summed E-state index contributed by atoms with van der Waals surface area (Å²) in [6.07, 6.45) is 1.14. The van der Waals surface area contributed by atoms with Gasteiger partial charge in [-0.15, -0.1) is 0 Å². The molecule has 2 amide bonds. The number of nitrogens with zero attached hydrogens (tertiary/aromatic N) is 1. The van der Waals surface area contributed by atoms with Gasteiger partial charge in [0.2, 0.25) is 0 Å². The lowest BCUT2D eigenvalue weighted by molar-refractivity contribution is -0.384. The second-order valence-electron chi connectivity index (χ2n) is 5.24. The number of urea groups is 1. The molecule has 7 nitrogen and oxygen atoms in total. The van der Waals surface area contributed by atoms with Gasteiger partial charge in [0.05, 0.1) is 11.0 Å². The first-order chi connectivity index (χ1) is 11.6. The zero-order valence-electron chi connectivity index (χ0n) is 13.0. The number of benzene rings is 2. The number of carbonyl (C=O) groups is 1. The van der Waals surface area contributed by atoms with Crippen LogP contribution in [0.5, 0.6) is 0 Å². The van der Waals surface area contributed by atoms with E-state index in [0.29, 0.717) is 18.5 Å². The van der Waals surface area contributed by atoms with Crippen molar-refractivity contribution in [2.24, 2.45) is 0 Å². The number of amides is 2. The van der Waals surface area contributed by atoms with Gasteiger partial charge in [0, 0.05) is 24.4 Å². The van der Waals surface area contributed by atoms with Gasteiger partial charge in [0.1, 0.15) is 0 Å². The Morgan fingerprint density at radius 3 is 2.58 bits per heavy atom. The maximum absolute atomic E-state index is 12.2. The molecule has 7 heteroatoms. The van der Waals surface area contributed by atoms with Gasteiger partial charge in [0.15, 0.2) is 0 Å². The Hall–Kier alpha value is -2.93. The molecule has 2 aromatic rings. The Morgan fingerprint density at radius 1 is 1.17 bits per heavy atom. The lowest BCUT2D eigenvalue weighted by atomic mass is 10.0. The molecule has 2 aromatic carbocycles. The summed E-state index contributed by atoms with van der Waals surface area (Å²) in [7, 11) is 0. The molecule has 24 heavy (non-hydrogen) atoms. The third kappa shape index (κ3) is 5.06. The standard InChI is InChI=1S/C17H19N3O4/c21-11-5-10-16(13-6-2-1-3-7-13)19-17(22)18-14-8-4-9-15(12-14)20(23)24/h1-4,6-9,12,16,21H,5,10-11H2,(H2,18,19,22). The van der Waals surface area contributed by atoms with Crippen molar-refractivity contribution in [1.82, 2.24) is 5.32 Å². The maximum atomic E-state index is 12.2. The summed E-state index contributed by atoms with van der Waals surface area (Å²) in [4.78, 5) is 22.4. The minimum Gasteiger partial charge on any atom is -0.396 e. The van der Waals surface area contributed by atoms with Crippen molar-refractivity contribution in [2.45, 2.75) is 18.9 Å². The van der Waals surface area contributed by atoms with E-state index < -0.39 is 11.0 Å². The molecule has 0 radical (unpaired) electrons. The zero-order chi connectivity index (χ0) is 17.4. The first-order valence-electron chi connectivity index (χ1n) is 7.58. The molecule has 1 unspecified atom stereocenters. The quantitative estimate of drug-likeness (QED) is 0.536. The Morgan fingerprint density at radius 2 is 1.92 bits per heavy atom. The monoisotopic (exact) mass is 329 g/mol. The SMILES string of the molecule is O=C(Nc1cccc([N+](=O)[O-])c1)NC(CCCO)c1ccccc1. The molecule has 0 spiro atoms. The van der Waals surface area contributed by atoms with Crippen molar-refractivity contribution in [3.05, 3.63) is 70.3 Å². The molecule has 126 valence electrons. The highest BCUT2D eigenvalue weighted by Crippen LogP contribution is 2.20. The summed E-state index contributed by atoms with van der Waals surface area (Å²) in [5, 5.41) is 25.2. The number of hydrogen-bond donors (Lipinski definition) is 3. The van der Waals surface area contributed by atoms with Crippen molar-refractivity contribution >= 4 is 17.4 Å². The second-order valence-corrected chi connectivity index (χ2v) is 5.24. The van der Waals surface area contributed by atoms with E-state index in [-0.39, 0.29) is 18.3 Å². The summed E-state index contributed by atoms with van der Waals surface area (Å²) in [6.45, 7) is 0.0392. The van der Waals surface area contributed by atoms with Crippen LogP contribution in [0.4, 0.5) is 16.2 Å². The largest absolute Gasteiger partial charge is 0.396 e. The van der Waals surface area contributed by atoms with Crippen molar-refractivity contribution < 1.29 is 14.8 Å². The summed E-state index contributed by atoms with van der Waals surface area (Å²) in [5.41, 5.74) is 1.18. The van der Waals surface area contributed by atoms with E-state index in [1.807, 2.05) is 30.3 Å². The van der Waals surface area contributed by atoms with E-state index in [1.54, 1.807) is 6.07 Å². The average Bonchev–Trinajstić information content (AvgIpc) is 2.59. The third-order valence-corrected chi connectivity index (χ3v) is 3.47. The first kappa shape index (κ1) is 17.4. The van der Waals surface area contributed by atoms with E-state index in [9.17, 15) is 14.9 Å². The van der Waals surface area contributed by atoms with Crippen LogP contribution in [0.15, 0.2) is 54.6 Å². The van der Waals surface area contributed by atoms with Crippen LogP contribution in [0.2, 0.25) is 0 Å². The lowest BCUT2D eigenvalue weighted by Gasteiger charge is -2.19. The molecule has 0 aliphatic carbocycles. The van der Waals surface area contributed by atoms with Crippen LogP contribution in [-0.2, 0) is 0 Å². The minimum atomic E-state index is -0.517. The van der Waals surface area contributed by atoms with Gasteiger partial charge >= 0.3 is 6.03 Å². The highest BCUT2D eigenvalue weighted by Gasteiger charge is 2.15.